The van der Waals surface area contributed by atoms with E-state index in [0.29, 0.717) is 49.1 Å². The van der Waals surface area contributed by atoms with Crippen LogP contribution in [-0.4, -0.2) is 63.0 Å². The molecule has 1 saturated carbocycles. The van der Waals surface area contributed by atoms with Crippen molar-refractivity contribution in [1.82, 2.24) is 25.3 Å². The molecule has 0 radical (unpaired) electrons. The van der Waals surface area contributed by atoms with Crippen molar-refractivity contribution < 1.29 is 23.3 Å². The molecule has 2 aliphatic heterocycles. The molecule has 10 heteroatoms. The molecule has 2 aromatic rings. The number of halogens is 1. The number of imide groups is 1. The second kappa shape index (κ2) is 9.39. The third-order valence-corrected chi connectivity index (χ3v) is 7.72. The molecule has 1 N–H and O–H groups in total. The molecule has 35 heavy (non-hydrogen) atoms. The number of rotatable bonds is 5. The lowest BCUT2D eigenvalue weighted by Crippen LogP contribution is -2.50. The fourth-order valence-corrected chi connectivity index (χ4v) is 5.52. The van der Waals surface area contributed by atoms with Gasteiger partial charge in [0.15, 0.2) is 0 Å². The van der Waals surface area contributed by atoms with Crippen LogP contribution in [0.1, 0.15) is 63.7 Å². The van der Waals surface area contributed by atoms with E-state index in [1.165, 1.54) is 12.1 Å². The minimum Gasteiger partial charge on any atom is -0.340 e. The first-order valence-electron chi connectivity index (χ1n) is 12.4. The van der Waals surface area contributed by atoms with E-state index in [1.807, 2.05) is 0 Å². The van der Waals surface area contributed by atoms with E-state index in [9.17, 15) is 18.8 Å². The SMILES string of the molecule is CCC1CCC2(CC1)NC(=O)N(CC(=O)N1CCCC(c3nc(-c4cccc(F)c4)no3)C1)C2=O. The van der Waals surface area contributed by atoms with Crippen molar-refractivity contribution in [3.05, 3.63) is 36.0 Å². The summed E-state index contributed by atoms with van der Waals surface area (Å²) in [6, 6.07) is 5.48. The lowest BCUT2D eigenvalue weighted by atomic mass is 9.75. The van der Waals surface area contributed by atoms with Crippen LogP contribution >= 0.6 is 0 Å². The zero-order chi connectivity index (χ0) is 24.6. The van der Waals surface area contributed by atoms with E-state index < -0.39 is 11.6 Å². The Balaban J connectivity index is 1.22. The van der Waals surface area contributed by atoms with Crippen molar-refractivity contribution in [1.29, 1.82) is 0 Å². The fraction of sp³-hybridized carbons (Fsp3) is 0.560. The zero-order valence-corrected chi connectivity index (χ0v) is 19.8. The van der Waals surface area contributed by atoms with Crippen molar-refractivity contribution in [2.45, 2.75) is 63.3 Å². The van der Waals surface area contributed by atoms with Gasteiger partial charge in [-0.15, -0.1) is 0 Å². The lowest BCUT2D eigenvalue weighted by Gasteiger charge is -2.35. The number of urea groups is 1. The Morgan fingerprint density at radius 3 is 2.80 bits per heavy atom. The second-order valence-corrected chi connectivity index (χ2v) is 9.90. The minimum atomic E-state index is -0.857. The number of benzene rings is 1. The van der Waals surface area contributed by atoms with E-state index in [2.05, 4.69) is 22.4 Å². The second-order valence-electron chi connectivity index (χ2n) is 9.90. The van der Waals surface area contributed by atoms with Crippen LogP contribution in [0, 0.1) is 11.7 Å². The smallest absolute Gasteiger partial charge is 0.325 e. The number of aromatic nitrogens is 2. The lowest BCUT2D eigenvalue weighted by molar-refractivity contribution is -0.140. The summed E-state index contributed by atoms with van der Waals surface area (Å²) in [7, 11) is 0. The van der Waals surface area contributed by atoms with Crippen molar-refractivity contribution in [2.24, 2.45) is 5.92 Å². The molecule has 1 atom stereocenters. The minimum absolute atomic E-state index is 0.165. The molecule has 4 amide bonds. The molecule has 0 bridgehead atoms. The van der Waals surface area contributed by atoms with Crippen LogP contribution in [0.25, 0.3) is 11.4 Å². The Bertz CT molecular complexity index is 1130. The van der Waals surface area contributed by atoms with Gasteiger partial charge in [0.1, 0.15) is 17.9 Å². The Morgan fingerprint density at radius 1 is 1.26 bits per heavy atom. The van der Waals surface area contributed by atoms with Crippen molar-refractivity contribution in [3.8, 4) is 11.4 Å². The van der Waals surface area contributed by atoms with Crippen LogP contribution in [0.4, 0.5) is 9.18 Å². The largest absolute Gasteiger partial charge is 0.340 e. The normalized spacial score (nSPS) is 26.9. The first-order chi connectivity index (χ1) is 16.9. The van der Waals surface area contributed by atoms with E-state index in [4.69, 9.17) is 4.52 Å². The predicted molar refractivity (Wildman–Crippen MR) is 123 cm³/mol. The van der Waals surface area contributed by atoms with Crippen molar-refractivity contribution in [3.63, 3.8) is 0 Å². The van der Waals surface area contributed by atoms with Crippen LogP contribution in [0.2, 0.25) is 0 Å². The van der Waals surface area contributed by atoms with Gasteiger partial charge in [0.25, 0.3) is 5.91 Å². The van der Waals surface area contributed by atoms with E-state index >= 15 is 0 Å². The Kier molecular flexibility index (Phi) is 6.29. The first kappa shape index (κ1) is 23.4. The molecule has 3 aliphatic rings. The molecule has 3 fully saturated rings. The third kappa shape index (κ3) is 4.53. The van der Waals surface area contributed by atoms with Gasteiger partial charge in [-0.05, 0) is 56.6 Å². The Hall–Kier alpha value is -3.30. The molecule has 1 spiro atoms. The van der Waals surface area contributed by atoms with Gasteiger partial charge in [-0.25, -0.2) is 9.18 Å². The molecule has 9 nitrogen and oxygen atoms in total. The number of nitrogens with one attached hydrogen (secondary N) is 1. The maximum atomic E-state index is 13.5. The quantitative estimate of drug-likeness (QED) is 0.653. The topological polar surface area (TPSA) is 109 Å². The van der Waals surface area contributed by atoms with Crippen LogP contribution in [0.5, 0.6) is 0 Å². The molecule has 186 valence electrons. The summed E-state index contributed by atoms with van der Waals surface area (Å²) in [5, 5.41) is 6.86. The van der Waals surface area contributed by atoms with Crippen LogP contribution in [-0.2, 0) is 9.59 Å². The number of likely N-dealkylation sites (tertiary alicyclic amines) is 1. The average Bonchev–Trinajstić information content (AvgIpc) is 3.45. The number of carbonyl (C=O) groups excluding carboxylic acids is 3. The number of piperidine rings is 1. The summed E-state index contributed by atoms with van der Waals surface area (Å²) < 4.78 is 19.0. The van der Waals surface area contributed by atoms with Gasteiger partial charge in [0.05, 0.1) is 5.92 Å². The van der Waals surface area contributed by atoms with Crippen LogP contribution in [0.3, 0.4) is 0 Å². The molecule has 1 aromatic heterocycles. The molecule has 3 heterocycles. The highest BCUT2D eigenvalue weighted by Gasteiger charge is 2.52. The number of amides is 4. The van der Waals surface area contributed by atoms with Gasteiger partial charge in [-0.1, -0.05) is 30.6 Å². The standard InChI is InChI=1S/C25H30FN5O4/c1-2-16-8-10-25(11-9-16)23(33)31(24(34)28-25)15-20(32)30-12-4-6-18(14-30)22-27-21(29-35-22)17-5-3-7-19(26)13-17/h3,5,7,13,16,18H,2,4,6,8-12,14-15H2,1H3,(H,28,34). The molecule has 1 unspecified atom stereocenters. The summed E-state index contributed by atoms with van der Waals surface area (Å²) in [6.07, 6.45) is 5.62. The van der Waals surface area contributed by atoms with Gasteiger partial charge in [-0.2, -0.15) is 4.98 Å². The van der Waals surface area contributed by atoms with E-state index in [0.717, 1.165) is 37.0 Å². The fourth-order valence-electron chi connectivity index (χ4n) is 5.52. The molecular weight excluding hydrogens is 453 g/mol. The van der Waals surface area contributed by atoms with Gasteiger partial charge >= 0.3 is 6.03 Å². The molecule has 1 aliphatic carbocycles. The molecular formula is C25H30FN5O4. The maximum absolute atomic E-state index is 13.5. The van der Waals surface area contributed by atoms with Gasteiger partial charge in [0.2, 0.25) is 17.6 Å². The van der Waals surface area contributed by atoms with Crippen molar-refractivity contribution in [2.75, 3.05) is 19.6 Å². The van der Waals surface area contributed by atoms with Crippen LogP contribution in [0.15, 0.2) is 28.8 Å². The summed E-state index contributed by atoms with van der Waals surface area (Å²) in [5.41, 5.74) is -0.339. The first-order valence-corrected chi connectivity index (χ1v) is 12.4. The monoisotopic (exact) mass is 483 g/mol. The zero-order valence-electron chi connectivity index (χ0n) is 19.8. The maximum Gasteiger partial charge on any atom is 0.325 e. The predicted octanol–water partition coefficient (Wildman–Crippen LogP) is 3.47. The van der Waals surface area contributed by atoms with Gasteiger partial charge < -0.3 is 14.7 Å². The summed E-state index contributed by atoms with van der Waals surface area (Å²) in [5.74, 6) is 0.161. The highest BCUT2D eigenvalue weighted by Crippen LogP contribution is 2.37. The number of hydrogen-bond donors (Lipinski definition) is 1. The van der Waals surface area contributed by atoms with Crippen LogP contribution < -0.4 is 5.32 Å². The summed E-state index contributed by atoms with van der Waals surface area (Å²) in [4.78, 5) is 46.1. The number of hydrogen-bond acceptors (Lipinski definition) is 6. The Morgan fingerprint density at radius 2 is 2.06 bits per heavy atom. The summed E-state index contributed by atoms with van der Waals surface area (Å²) >= 11 is 0. The molecule has 1 aromatic carbocycles. The average molecular weight is 484 g/mol. The number of carbonyl (C=O) groups is 3. The molecule has 2 saturated heterocycles. The Labute approximate surface area is 203 Å². The molecule has 5 rings (SSSR count). The van der Waals surface area contributed by atoms with E-state index in [-0.39, 0.29) is 30.1 Å². The number of nitrogens with zero attached hydrogens (tertiary/aromatic N) is 4. The van der Waals surface area contributed by atoms with Crippen molar-refractivity contribution >= 4 is 17.8 Å². The van der Waals surface area contributed by atoms with E-state index in [1.54, 1.807) is 17.0 Å². The van der Waals surface area contributed by atoms with Gasteiger partial charge in [0, 0.05) is 18.7 Å². The highest BCUT2D eigenvalue weighted by atomic mass is 19.1. The summed E-state index contributed by atoms with van der Waals surface area (Å²) in [6.45, 7) is 2.77. The third-order valence-electron chi connectivity index (χ3n) is 7.72. The highest BCUT2D eigenvalue weighted by molar-refractivity contribution is 6.09. The van der Waals surface area contributed by atoms with Gasteiger partial charge in [-0.3, -0.25) is 14.5 Å².